The van der Waals surface area contributed by atoms with Crippen LogP contribution in [0.15, 0.2) is 72.8 Å². The first-order chi connectivity index (χ1) is 62.0. The number of para-hydroxylation sites is 3. The number of aryl methyl sites for hydroxylation is 3. The summed E-state index contributed by atoms with van der Waals surface area (Å²) in [5.74, 6) is 0.491. The van der Waals surface area contributed by atoms with Gasteiger partial charge < -0.3 is 102 Å². The first-order valence-electron chi connectivity index (χ1n) is 42.8. The van der Waals surface area contributed by atoms with Crippen LogP contribution >= 0.6 is 36.8 Å². The van der Waals surface area contributed by atoms with E-state index in [1.165, 1.54) is 34.6 Å². The van der Waals surface area contributed by atoms with Gasteiger partial charge in [0.2, 0.25) is 13.1 Å². The summed E-state index contributed by atoms with van der Waals surface area (Å²) in [5.41, 5.74) is 25.5. The van der Waals surface area contributed by atoms with Crippen molar-refractivity contribution in [2.75, 3.05) is 103 Å². The summed E-state index contributed by atoms with van der Waals surface area (Å²) in [6.45, 7) is 46.3. The molecule has 0 spiro atoms. The number of nitrogen functional groups attached to an aromatic ring is 3. The van der Waals surface area contributed by atoms with Gasteiger partial charge in [-0.15, -0.1) is 0 Å². The third-order valence-electron chi connectivity index (χ3n) is 18.5. The molecule has 1 radical (unpaired) electrons. The number of pyridine rings is 3. The molecule has 0 saturated heterocycles. The molecule has 3 aromatic carbocycles. The van der Waals surface area contributed by atoms with Gasteiger partial charge in [0, 0.05) is 139 Å². The first-order valence-corrected chi connectivity index (χ1v) is 52.9. The molecule has 6 heterocycles. The van der Waals surface area contributed by atoms with Gasteiger partial charge in [-0.3, -0.25) is 37.8 Å². The van der Waals surface area contributed by atoms with E-state index in [0.29, 0.717) is 90.8 Å². The number of carbonyl (C=O) groups excluding carboxylic acids is 6. The number of unbranched alkanes of at least 4 members (excludes halogenated alkanes) is 3. The molecular weight excluding hydrogens is 2020 g/mol. The van der Waals surface area contributed by atoms with Gasteiger partial charge in [0.1, 0.15) is 67.1 Å². The van der Waals surface area contributed by atoms with Crippen molar-refractivity contribution in [2.24, 2.45) is 0 Å². The molecule has 38 nitrogen and oxygen atoms in total. The average molecular weight is 2150 g/mol. The molecule has 0 bridgehead atoms. The van der Waals surface area contributed by atoms with Gasteiger partial charge in [0.25, 0.3) is 0 Å². The molecule has 2 unspecified atom stereocenters. The zero-order valence-corrected chi connectivity index (χ0v) is 86.2. The van der Waals surface area contributed by atoms with Crippen molar-refractivity contribution < 1.29 is 163 Å². The van der Waals surface area contributed by atoms with E-state index in [1.54, 1.807) is 0 Å². The monoisotopic (exact) mass is 2150 g/mol. The van der Waals surface area contributed by atoms with Crippen LogP contribution in [0.3, 0.4) is 0 Å². The fourth-order valence-electron chi connectivity index (χ4n) is 13.3. The molecule has 131 heavy (non-hydrogen) atoms. The van der Waals surface area contributed by atoms with Crippen molar-refractivity contribution in [1.82, 2.24) is 52.9 Å². The van der Waals surface area contributed by atoms with Crippen LogP contribution in [-0.4, -0.2) is 232 Å². The Hall–Kier alpha value is -6.96. The maximum absolute atomic E-state index is 12.5. The Morgan fingerprint density at radius 3 is 1.13 bits per heavy atom. The molecule has 6 aromatic heterocycles. The molecule has 0 aliphatic carbocycles. The third kappa shape index (κ3) is 40.1. The van der Waals surface area contributed by atoms with Gasteiger partial charge in [0.15, 0.2) is 44.2 Å². The van der Waals surface area contributed by atoms with Crippen LogP contribution in [0.25, 0.3) is 75.5 Å². The average Bonchev–Trinajstić information content (AvgIpc) is 1.63. The summed E-state index contributed by atoms with van der Waals surface area (Å²) in [5, 5.41) is 20.8. The number of fused-ring (bicyclic) bond motifs is 9. The maximum Gasteiger partial charge on any atom is 0.333 e. The number of hydrogen-bond donors (Lipinski definition) is 6. The Bertz CT molecular complexity index is 5140. The first kappa shape index (κ1) is 118. The van der Waals surface area contributed by atoms with Crippen molar-refractivity contribution in [1.29, 1.82) is 0 Å². The van der Waals surface area contributed by atoms with E-state index in [9.17, 15) is 43.3 Å². The molecule has 0 saturated carbocycles. The number of rotatable bonds is 47. The van der Waals surface area contributed by atoms with Crippen LogP contribution in [0.1, 0.15) is 174 Å². The van der Waals surface area contributed by atoms with Crippen LogP contribution in [0.2, 0.25) is 0 Å². The number of anilines is 3. The predicted octanol–water partition coefficient (Wildman–Crippen LogP) is 14.3. The van der Waals surface area contributed by atoms with Crippen LogP contribution in [0, 0.1) is 53.6 Å². The number of aromatic nitrogens is 9. The van der Waals surface area contributed by atoms with Crippen LogP contribution < -0.4 is 17.2 Å². The number of phosphoric acid groups is 1. The smallest absolute Gasteiger partial charge is 0.333 e. The number of benzene rings is 3. The van der Waals surface area contributed by atoms with Gasteiger partial charge in [-0.2, -0.15) is 0 Å². The number of carbonyl (C=O) groups is 6. The number of aliphatic hydroxyl groups is 2. The second kappa shape index (κ2) is 63.4. The second-order valence-electron chi connectivity index (χ2n) is 30.3. The summed E-state index contributed by atoms with van der Waals surface area (Å²) < 4.78 is 86.2. The fourth-order valence-corrected chi connectivity index (χ4v) is 17.3. The van der Waals surface area contributed by atoms with Crippen molar-refractivity contribution in [3.8, 4) is 0 Å². The van der Waals surface area contributed by atoms with Gasteiger partial charge >= 0.3 is 105 Å². The Labute approximate surface area is 818 Å². The molecule has 0 amide bonds. The van der Waals surface area contributed by atoms with E-state index >= 15 is 0 Å². The van der Waals surface area contributed by atoms with E-state index in [1.807, 2.05) is 77.4 Å². The van der Waals surface area contributed by atoms with E-state index in [0.717, 1.165) is 125 Å². The Balaban J connectivity index is 0.000000441. The largest absolute Gasteiger partial charge is 0.462 e. The summed E-state index contributed by atoms with van der Waals surface area (Å²) >= 11 is 4.24. The van der Waals surface area contributed by atoms with Crippen LogP contribution in [0.5, 0.6) is 0 Å². The van der Waals surface area contributed by atoms with Crippen LogP contribution in [-0.2, 0) is 146 Å². The molecule has 9 aromatic rings. The minimum atomic E-state index is -4.51. The standard InChI is InChI=1S/C26H34N5O7P.C23H31N4O8P.C16H20N4O.C15H32N3OP.C7H12O5.HIXe.V/c1-5-6-11-23-30-24-25(21-9-7-8-10-22(21)29-26(24)27)31(23)13-15-36-39(35-14-12-28-4)37-17-20(38-19(3)33)16-34-18(2)32;1-4-5-10-20-26-21-22(18-8-6-7-9-19(18)25-23(21)24)27(20)11-12-33-36(30,31)34-14-17(35-16(3)29)13-32-15(2)28;1-2-3-8-13-19-14-15(20(13)9-10-21)11-6-4-5-7-12(11)18-16(14)17;1-12(2)17(13(3)4)20(19-11-10-16-9)18(14(5)6)15(7)8;1-5(9)11-4-7(3-8)12-6(2)10;1-2;/h7-10,20H,5-6,11-17H2,1-3H3,(H2,27,29);6-9,17H,4-5,10-14H2,1-3H3,(H2,24,25)(H,30,31);4-7,21H,2-3,8-10H2,1H3,(H2,17,18);12-15H,10-11H2,1-8H3;7-8H,3-4H2,1-2H3;2H;/t20-,39?;17-;;;7-;;/m11..0../s1. The molecule has 9 rings (SSSR count). The molecule has 44 heteroatoms. The summed E-state index contributed by atoms with van der Waals surface area (Å²) in [6, 6.07) is 24.9. The van der Waals surface area contributed by atoms with E-state index in [4.69, 9.17) is 91.5 Å². The minimum Gasteiger partial charge on any atom is -0.462 e. The van der Waals surface area contributed by atoms with E-state index in [2.05, 4.69) is 186 Å². The zero-order valence-electron chi connectivity index (χ0n) is 77.8. The summed E-state index contributed by atoms with van der Waals surface area (Å²) in [7, 11) is -7.23. The molecule has 0 fully saturated rings. The number of ether oxygens (including phenoxy) is 6. The SMILES string of the molecule is CC(=O)OC[C@H](CO)OC(C)=O.CCCCc1nc2c(N)nc3ccccc3c2n1CCO.CCCCc1nc2c(N)nc3ccccc3c2n1CCOP(=O)(O)OC[C@@H](COC(C)=O)OC(C)=O.I[XeH].[C-]#[N+]CCOP(N(C(C)C)C(C)C)N(C(C)C)C(C)C.[C-]#[N+]CCOP(OCCn1c(CCCC)nc2c(N)nc3ccccc3c21)OC[C@@H](COC(C)=O)OC(C)=O.[V]. The van der Waals surface area contributed by atoms with Crippen molar-refractivity contribution in [2.45, 2.75) is 238 Å². The summed E-state index contributed by atoms with van der Waals surface area (Å²) in [4.78, 5) is 110. The van der Waals surface area contributed by atoms with E-state index < -0.39 is 85.6 Å². The zero-order chi connectivity index (χ0) is 96.7. The normalized spacial score (nSPS) is 12.6. The second-order valence-corrected chi connectivity index (χ2v) is 34.6. The number of nitrogens with zero attached hydrogens (tertiary/aromatic N) is 13. The van der Waals surface area contributed by atoms with Crippen molar-refractivity contribution in [3.63, 3.8) is 0 Å². The molecule has 5 atom stereocenters. The summed E-state index contributed by atoms with van der Waals surface area (Å²) in [6.07, 6.45) is 5.71. The third-order valence-corrected chi connectivity index (χ3v) is 23.6. The predicted molar refractivity (Wildman–Crippen MR) is 507 cm³/mol. The number of halogens is 1. The quantitative estimate of drug-likeness (QED) is 0.00515. The number of hydrogen-bond acceptors (Lipinski definition) is 32. The Morgan fingerprint density at radius 2 is 0.794 bits per heavy atom. The Kier molecular flexibility index (Phi) is 57.2. The fraction of sp³-hybridized carbons (Fsp3) is 0.563. The number of aliphatic hydroxyl groups excluding tert-OH is 2. The van der Waals surface area contributed by atoms with Gasteiger partial charge in [-0.05, 0) is 92.9 Å². The van der Waals surface area contributed by atoms with Crippen molar-refractivity contribution in [3.05, 3.63) is 113 Å². The molecule has 9 N–H and O–H groups in total. The molecule has 725 valence electrons. The number of phosphoric ester groups is 1. The van der Waals surface area contributed by atoms with Crippen molar-refractivity contribution >= 4 is 156 Å². The number of imidazole rings is 3. The molecule has 0 aliphatic heterocycles. The number of esters is 6. The molecular formula is C87H130IN16O22P3VXe. The topological polar surface area (TPSA) is 476 Å². The molecule has 0 aliphatic rings. The number of nitrogens with two attached hydrogens (primary N) is 3. The minimum absolute atomic E-state index is 0. The van der Waals surface area contributed by atoms with Gasteiger partial charge in [-0.1, -0.05) is 94.6 Å². The maximum atomic E-state index is 12.5. The van der Waals surface area contributed by atoms with E-state index in [-0.39, 0.29) is 91.1 Å². The van der Waals surface area contributed by atoms with Crippen LogP contribution in [0.4, 0.5) is 17.5 Å². The van der Waals surface area contributed by atoms with Gasteiger partial charge in [-0.25, -0.2) is 57.0 Å². The van der Waals surface area contributed by atoms with Gasteiger partial charge in [0.05, 0.1) is 72.7 Å². The Morgan fingerprint density at radius 1 is 0.466 bits per heavy atom.